The van der Waals surface area contributed by atoms with E-state index in [4.69, 9.17) is 9.63 Å². The zero-order chi connectivity index (χ0) is 11.5. The summed E-state index contributed by atoms with van der Waals surface area (Å²) in [4.78, 5) is 10.3. The van der Waals surface area contributed by atoms with Crippen LogP contribution in [0.4, 0.5) is 0 Å². The van der Waals surface area contributed by atoms with Gasteiger partial charge in [-0.15, -0.1) is 0 Å². The number of aromatic nitrogens is 1. The minimum Gasteiger partial charge on any atom is -1.00 e. The van der Waals surface area contributed by atoms with Crippen LogP contribution in [-0.2, 0) is 17.8 Å². The normalized spacial score (nSPS) is 10.9. The number of carboxylic acids is 1. The molecular weight excluding hydrogens is 323 g/mol. The summed E-state index contributed by atoms with van der Waals surface area (Å²) in [6, 6.07) is 1.83. The lowest BCUT2D eigenvalue weighted by atomic mass is 10.2. The highest BCUT2D eigenvalue weighted by Crippen LogP contribution is 2.10. The van der Waals surface area contributed by atoms with Gasteiger partial charge in [0.05, 0.1) is 33.3 Å². The van der Waals surface area contributed by atoms with Gasteiger partial charge in [-0.3, -0.25) is 4.79 Å². The molecule has 0 fully saturated rings. The van der Waals surface area contributed by atoms with E-state index in [0.717, 1.165) is 16.8 Å². The van der Waals surface area contributed by atoms with Crippen molar-refractivity contribution >= 4 is 5.97 Å². The molecule has 0 aliphatic rings. The number of carboxylic acid groups (broad SMARTS) is 1. The minimum atomic E-state index is -0.814. The van der Waals surface area contributed by atoms with E-state index < -0.39 is 5.97 Å². The zero-order valence-corrected chi connectivity index (χ0v) is 11.9. The zero-order valence-electron chi connectivity index (χ0n) is 9.73. The SMILES string of the molecule is C[N+](C)(C)Cc1cc(CCC(=O)O)no1.[I-]. The van der Waals surface area contributed by atoms with Gasteiger partial charge in [0, 0.05) is 12.5 Å². The van der Waals surface area contributed by atoms with Crippen LogP contribution in [-0.4, -0.2) is 41.9 Å². The number of aliphatic carboxylic acids is 1. The highest BCUT2D eigenvalue weighted by Gasteiger charge is 2.13. The standard InChI is InChI=1S/C10H16N2O3.HI/c1-12(2,3)7-9-6-8(11-15-9)4-5-10(13)14;/h6H,4-5,7H2,1-3H3;1H. The van der Waals surface area contributed by atoms with E-state index >= 15 is 0 Å². The van der Waals surface area contributed by atoms with Crippen molar-refractivity contribution in [2.24, 2.45) is 0 Å². The summed E-state index contributed by atoms with van der Waals surface area (Å²) in [6.45, 7) is 0.750. The van der Waals surface area contributed by atoms with Crippen LogP contribution in [0.3, 0.4) is 0 Å². The molecule has 0 aliphatic carbocycles. The van der Waals surface area contributed by atoms with E-state index in [1.54, 1.807) is 0 Å². The molecule has 0 radical (unpaired) electrons. The molecular formula is C10H17IN2O3. The van der Waals surface area contributed by atoms with Gasteiger partial charge in [0.25, 0.3) is 0 Å². The van der Waals surface area contributed by atoms with Gasteiger partial charge in [-0.2, -0.15) is 0 Å². The quantitative estimate of drug-likeness (QED) is 0.493. The van der Waals surface area contributed by atoms with Crippen LogP contribution in [0.25, 0.3) is 0 Å². The maximum absolute atomic E-state index is 10.3. The van der Waals surface area contributed by atoms with Crippen LogP contribution in [0.5, 0.6) is 0 Å². The van der Waals surface area contributed by atoms with Gasteiger partial charge in [0.1, 0.15) is 6.54 Å². The molecule has 0 aromatic carbocycles. The van der Waals surface area contributed by atoms with Crippen LogP contribution in [0, 0.1) is 0 Å². The van der Waals surface area contributed by atoms with Gasteiger partial charge in [-0.25, -0.2) is 0 Å². The first kappa shape index (κ1) is 15.4. The molecule has 6 heteroatoms. The number of aryl methyl sites for hydroxylation is 1. The summed E-state index contributed by atoms with van der Waals surface area (Å²) in [5.74, 6) is -0.0194. The summed E-state index contributed by atoms with van der Waals surface area (Å²) in [6.07, 6.45) is 0.520. The van der Waals surface area contributed by atoms with Crippen molar-refractivity contribution in [3.05, 3.63) is 17.5 Å². The molecule has 0 spiro atoms. The molecule has 1 N–H and O–H groups in total. The van der Waals surface area contributed by atoms with E-state index in [1.807, 2.05) is 6.07 Å². The molecule has 0 bridgehead atoms. The molecule has 0 atom stereocenters. The summed E-state index contributed by atoms with van der Waals surface area (Å²) < 4.78 is 5.87. The third-order valence-corrected chi connectivity index (χ3v) is 1.83. The second kappa shape index (κ2) is 6.19. The van der Waals surface area contributed by atoms with Gasteiger partial charge in [-0.05, 0) is 0 Å². The van der Waals surface area contributed by atoms with Crippen molar-refractivity contribution < 1.29 is 42.9 Å². The van der Waals surface area contributed by atoms with Gasteiger partial charge < -0.3 is 38.1 Å². The van der Waals surface area contributed by atoms with Crippen LogP contribution in [0.15, 0.2) is 10.6 Å². The molecule has 0 saturated carbocycles. The van der Waals surface area contributed by atoms with Crippen LogP contribution < -0.4 is 24.0 Å². The van der Waals surface area contributed by atoms with E-state index in [0.29, 0.717) is 12.1 Å². The fourth-order valence-corrected chi connectivity index (χ4v) is 1.25. The first-order valence-corrected chi connectivity index (χ1v) is 4.83. The summed E-state index contributed by atoms with van der Waals surface area (Å²) in [7, 11) is 6.17. The first-order valence-electron chi connectivity index (χ1n) is 4.83. The second-order valence-corrected chi connectivity index (χ2v) is 4.63. The molecule has 1 aromatic heterocycles. The number of quaternary nitrogens is 1. The second-order valence-electron chi connectivity index (χ2n) is 4.63. The van der Waals surface area contributed by atoms with E-state index in [9.17, 15) is 4.79 Å². The Balaban J connectivity index is 0.00000225. The van der Waals surface area contributed by atoms with Crippen molar-refractivity contribution in [2.45, 2.75) is 19.4 Å². The molecule has 0 saturated heterocycles. The Hall–Kier alpha value is -0.630. The van der Waals surface area contributed by atoms with Crippen molar-refractivity contribution in [3.8, 4) is 0 Å². The monoisotopic (exact) mass is 340 g/mol. The van der Waals surface area contributed by atoms with Crippen LogP contribution >= 0.6 is 0 Å². The average molecular weight is 340 g/mol. The number of hydrogen-bond donors (Lipinski definition) is 1. The Kier molecular flexibility index (Phi) is 5.95. The maximum Gasteiger partial charge on any atom is 0.303 e. The third-order valence-electron chi connectivity index (χ3n) is 1.83. The van der Waals surface area contributed by atoms with Crippen molar-refractivity contribution in [2.75, 3.05) is 21.1 Å². The molecule has 0 aliphatic heterocycles. The Morgan fingerprint density at radius 1 is 1.50 bits per heavy atom. The maximum atomic E-state index is 10.3. The van der Waals surface area contributed by atoms with Crippen molar-refractivity contribution in [1.82, 2.24) is 5.16 Å². The van der Waals surface area contributed by atoms with Gasteiger partial charge in [-0.1, -0.05) is 5.16 Å². The molecule has 5 nitrogen and oxygen atoms in total. The number of halogens is 1. The fraction of sp³-hybridized carbons (Fsp3) is 0.600. The van der Waals surface area contributed by atoms with Crippen molar-refractivity contribution in [3.63, 3.8) is 0 Å². The van der Waals surface area contributed by atoms with E-state index in [1.165, 1.54) is 0 Å². The topological polar surface area (TPSA) is 63.3 Å². The van der Waals surface area contributed by atoms with Crippen molar-refractivity contribution in [1.29, 1.82) is 0 Å². The lowest BCUT2D eigenvalue weighted by Crippen LogP contribution is -3.00. The predicted molar refractivity (Wildman–Crippen MR) is 54.2 cm³/mol. The molecule has 0 unspecified atom stereocenters. The number of rotatable bonds is 5. The first-order chi connectivity index (χ1) is 6.87. The predicted octanol–water partition coefficient (Wildman–Crippen LogP) is -2.10. The van der Waals surface area contributed by atoms with Crippen LogP contribution in [0.2, 0.25) is 0 Å². The van der Waals surface area contributed by atoms with Gasteiger partial charge in [0.2, 0.25) is 0 Å². The van der Waals surface area contributed by atoms with E-state index in [-0.39, 0.29) is 30.4 Å². The highest BCUT2D eigenvalue weighted by atomic mass is 127. The minimum absolute atomic E-state index is 0. The highest BCUT2D eigenvalue weighted by molar-refractivity contribution is 5.66. The van der Waals surface area contributed by atoms with Gasteiger partial charge in [0.15, 0.2) is 5.76 Å². The lowest BCUT2D eigenvalue weighted by molar-refractivity contribution is -0.885. The molecule has 1 rings (SSSR count). The Bertz CT molecular complexity index is 344. The number of nitrogens with zero attached hydrogens (tertiary/aromatic N) is 2. The molecule has 16 heavy (non-hydrogen) atoms. The van der Waals surface area contributed by atoms with E-state index in [2.05, 4.69) is 26.3 Å². The van der Waals surface area contributed by atoms with Gasteiger partial charge >= 0.3 is 5.97 Å². The molecule has 1 aromatic rings. The summed E-state index contributed by atoms with van der Waals surface area (Å²) >= 11 is 0. The Morgan fingerprint density at radius 2 is 2.12 bits per heavy atom. The third kappa shape index (κ3) is 6.06. The molecule has 1 heterocycles. The summed E-state index contributed by atoms with van der Waals surface area (Å²) in [5, 5.41) is 12.3. The van der Waals surface area contributed by atoms with Crippen LogP contribution in [0.1, 0.15) is 17.9 Å². The lowest BCUT2D eigenvalue weighted by Gasteiger charge is -2.21. The molecule has 0 amide bonds. The smallest absolute Gasteiger partial charge is 0.303 e. The average Bonchev–Trinajstić information content (AvgIpc) is 2.45. The fourth-order valence-electron chi connectivity index (χ4n) is 1.25. The number of hydrogen-bond acceptors (Lipinski definition) is 3. The number of carbonyl (C=O) groups is 1. The molecule has 92 valence electrons. The Labute approximate surface area is 112 Å². The largest absolute Gasteiger partial charge is 1.00 e. The summed E-state index contributed by atoms with van der Waals surface area (Å²) in [5.41, 5.74) is 0.709. The Morgan fingerprint density at radius 3 is 2.62 bits per heavy atom.